The molecule has 1 fully saturated rings. The van der Waals surface area contributed by atoms with E-state index in [1.807, 2.05) is 36.4 Å². The van der Waals surface area contributed by atoms with Crippen molar-refractivity contribution < 1.29 is 23.8 Å². The van der Waals surface area contributed by atoms with Crippen LogP contribution in [0.1, 0.15) is 68.8 Å². The summed E-state index contributed by atoms with van der Waals surface area (Å²) in [4.78, 5) is 28.3. The first-order chi connectivity index (χ1) is 17.4. The van der Waals surface area contributed by atoms with E-state index < -0.39 is 29.3 Å². The monoisotopic (exact) mass is 501 g/mol. The van der Waals surface area contributed by atoms with Crippen molar-refractivity contribution in [2.24, 2.45) is 0 Å². The third kappa shape index (κ3) is 4.88. The average Bonchev–Trinajstić information content (AvgIpc) is 3.13. The minimum absolute atomic E-state index is 0.00645. The van der Waals surface area contributed by atoms with Crippen molar-refractivity contribution in [3.63, 3.8) is 0 Å². The molecule has 0 aromatic heterocycles. The summed E-state index contributed by atoms with van der Waals surface area (Å²) < 4.78 is 19.5. The summed E-state index contributed by atoms with van der Waals surface area (Å²) in [5.74, 6) is -2.22. The zero-order valence-corrected chi connectivity index (χ0v) is 22.0. The van der Waals surface area contributed by atoms with Crippen molar-refractivity contribution in [2.75, 3.05) is 12.0 Å². The molecule has 1 atom stereocenters. The van der Waals surface area contributed by atoms with E-state index in [0.717, 1.165) is 17.2 Å². The average molecular weight is 502 g/mol. The lowest BCUT2D eigenvalue weighted by Crippen LogP contribution is -2.29. The molecule has 1 N–H and O–H groups in total. The van der Waals surface area contributed by atoms with E-state index in [0.29, 0.717) is 17.2 Å². The summed E-state index contributed by atoms with van der Waals surface area (Å²) in [5.41, 5.74) is 3.15. The number of anilines is 1. The van der Waals surface area contributed by atoms with Gasteiger partial charge in [-0.1, -0.05) is 71.0 Å². The van der Waals surface area contributed by atoms with Gasteiger partial charge in [-0.25, -0.2) is 4.39 Å². The second kappa shape index (κ2) is 9.85. The molecule has 5 nitrogen and oxygen atoms in total. The van der Waals surface area contributed by atoms with Crippen LogP contribution in [0, 0.1) is 5.82 Å². The third-order valence-corrected chi connectivity index (χ3v) is 6.79. The lowest BCUT2D eigenvalue weighted by Gasteiger charge is -2.27. The number of hydrogen-bond donors (Lipinski definition) is 1. The van der Waals surface area contributed by atoms with Crippen LogP contribution < -0.4 is 9.64 Å². The van der Waals surface area contributed by atoms with E-state index in [4.69, 9.17) is 4.74 Å². The topological polar surface area (TPSA) is 66.8 Å². The summed E-state index contributed by atoms with van der Waals surface area (Å²) in [6.45, 7) is 10.4. The van der Waals surface area contributed by atoms with Crippen LogP contribution in [0.2, 0.25) is 0 Å². The summed E-state index contributed by atoms with van der Waals surface area (Å²) in [7, 11) is 1.39. The van der Waals surface area contributed by atoms with Crippen LogP contribution in [0.4, 0.5) is 10.1 Å². The fourth-order valence-corrected chi connectivity index (χ4v) is 4.61. The number of halogens is 1. The smallest absolute Gasteiger partial charge is 0.300 e. The van der Waals surface area contributed by atoms with Crippen LogP contribution >= 0.6 is 0 Å². The van der Waals surface area contributed by atoms with E-state index in [9.17, 15) is 19.1 Å². The molecule has 192 valence electrons. The van der Waals surface area contributed by atoms with Gasteiger partial charge >= 0.3 is 0 Å². The van der Waals surface area contributed by atoms with Gasteiger partial charge < -0.3 is 9.84 Å². The molecule has 0 bridgehead atoms. The number of amides is 1. The first-order valence-corrected chi connectivity index (χ1v) is 12.3. The highest BCUT2D eigenvalue weighted by atomic mass is 19.1. The quantitative estimate of drug-likeness (QED) is 0.235. The molecule has 0 radical (unpaired) electrons. The third-order valence-electron chi connectivity index (χ3n) is 6.79. The van der Waals surface area contributed by atoms with Crippen LogP contribution in [0.15, 0.2) is 72.3 Å². The summed E-state index contributed by atoms with van der Waals surface area (Å²) >= 11 is 0. The van der Waals surface area contributed by atoms with Gasteiger partial charge in [0.15, 0.2) is 0 Å². The molecule has 37 heavy (non-hydrogen) atoms. The van der Waals surface area contributed by atoms with Crippen LogP contribution in [-0.2, 0) is 15.0 Å². The van der Waals surface area contributed by atoms with E-state index >= 15 is 0 Å². The Hall–Kier alpha value is -3.93. The molecule has 4 rings (SSSR count). The molecule has 0 saturated carbocycles. The Morgan fingerprint density at radius 1 is 0.973 bits per heavy atom. The molecule has 6 heteroatoms. The Balaban J connectivity index is 1.95. The number of Topliss-reactive ketones (excluding diaryl/α,β-unsaturated/α-hetero) is 1. The highest BCUT2D eigenvalue weighted by molar-refractivity contribution is 6.51. The minimum Gasteiger partial charge on any atom is -0.507 e. The van der Waals surface area contributed by atoms with Crippen LogP contribution in [0.25, 0.3) is 5.76 Å². The van der Waals surface area contributed by atoms with Crippen LogP contribution in [0.5, 0.6) is 5.75 Å². The predicted octanol–water partition coefficient (Wildman–Crippen LogP) is 6.88. The molecule has 0 spiro atoms. The maximum Gasteiger partial charge on any atom is 0.300 e. The van der Waals surface area contributed by atoms with Gasteiger partial charge in [0.05, 0.1) is 24.3 Å². The Bertz CT molecular complexity index is 1370. The van der Waals surface area contributed by atoms with E-state index in [1.54, 1.807) is 12.1 Å². The highest BCUT2D eigenvalue weighted by Crippen LogP contribution is 2.44. The molecule has 3 aromatic carbocycles. The Kier molecular flexibility index (Phi) is 6.96. The van der Waals surface area contributed by atoms with Crippen molar-refractivity contribution in [2.45, 2.75) is 52.0 Å². The Morgan fingerprint density at radius 2 is 1.59 bits per heavy atom. The van der Waals surface area contributed by atoms with E-state index in [-0.39, 0.29) is 22.3 Å². The zero-order valence-electron chi connectivity index (χ0n) is 22.0. The van der Waals surface area contributed by atoms with E-state index in [2.05, 4.69) is 34.6 Å². The lowest BCUT2D eigenvalue weighted by atomic mass is 9.85. The number of hydrogen-bond acceptors (Lipinski definition) is 4. The molecule has 1 amide bonds. The molecule has 1 saturated heterocycles. The van der Waals surface area contributed by atoms with Gasteiger partial charge in [-0.3, -0.25) is 14.5 Å². The van der Waals surface area contributed by atoms with Gasteiger partial charge in [-0.05, 0) is 58.4 Å². The molecule has 1 aliphatic heterocycles. The fraction of sp³-hybridized carbons (Fsp3) is 0.290. The molecular weight excluding hydrogens is 469 g/mol. The van der Waals surface area contributed by atoms with Crippen molar-refractivity contribution in [3.8, 4) is 5.75 Å². The van der Waals surface area contributed by atoms with Crippen LogP contribution in [0.3, 0.4) is 0 Å². The number of nitrogens with zero attached hydrogens (tertiary/aromatic N) is 1. The largest absolute Gasteiger partial charge is 0.507 e. The van der Waals surface area contributed by atoms with Gasteiger partial charge in [0, 0.05) is 5.69 Å². The van der Waals surface area contributed by atoms with Crippen molar-refractivity contribution >= 4 is 23.1 Å². The SMILES string of the molecule is COc1ccc(F)cc1/C(O)=C1\C(=O)C(=O)N(c2ccc(C(C)C)cc2)C1c1ccc(C(C)(C)C)cc1. The van der Waals surface area contributed by atoms with Gasteiger partial charge in [0.1, 0.15) is 17.3 Å². The number of benzene rings is 3. The van der Waals surface area contributed by atoms with Crippen molar-refractivity contribution in [1.29, 1.82) is 0 Å². The maximum atomic E-state index is 14.2. The van der Waals surface area contributed by atoms with Gasteiger partial charge in [-0.15, -0.1) is 0 Å². The normalized spacial score (nSPS) is 17.5. The lowest BCUT2D eigenvalue weighted by molar-refractivity contribution is -0.132. The number of ether oxygens (including phenoxy) is 1. The summed E-state index contributed by atoms with van der Waals surface area (Å²) in [5, 5.41) is 11.4. The number of aliphatic hydroxyl groups excluding tert-OH is 1. The number of methoxy groups -OCH3 is 1. The second-order valence-corrected chi connectivity index (χ2v) is 10.6. The van der Waals surface area contributed by atoms with Gasteiger partial charge in [0.25, 0.3) is 11.7 Å². The number of ketones is 1. The molecule has 1 unspecified atom stereocenters. The predicted molar refractivity (Wildman–Crippen MR) is 143 cm³/mol. The first kappa shape index (κ1) is 26.1. The Morgan fingerprint density at radius 3 is 2.14 bits per heavy atom. The molecule has 1 aliphatic rings. The second-order valence-electron chi connectivity index (χ2n) is 10.6. The molecule has 0 aliphatic carbocycles. The number of aliphatic hydroxyl groups is 1. The molecule has 3 aromatic rings. The van der Waals surface area contributed by atoms with Crippen molar-refractivity contribution in [1.82, 2.24) is 0 Å². The van der Waals surface area contributed by atoms with Gasteiger partial charge in [0.2, 0.25) is 0 Å². The summed E-state index contributed by atoms with van der Waals surface area (Å²) in [6.07, 6.45) is 0. The summed E-state index contributed by atoms with van der Waals surface area (Å²) in [6, 6.07) is 17.9. The zero-order chi connectivity index (χ0) is 27.1. The number of rotatable bonds is 5. The van der Waals surface area contributed by atoms with Crippen LogP contribution in [-0.4, -0.2) is 23.9 Å². The number of carbonyl (C=O) groups excluding carboxylic acids is 2. The standard InChI is InChI=1S/C31H32FNO4/c1-18(2)19-9-14-23(15-10-19)33-27(20-7-11-21(12-8-20)31(3,4)5)26(29(35)30(33)36)28(34)24-17-22(32)13-16-25(24)37-6/h7-18,27,34H,1-6H3/b28-26+. The van der Waals surface area contributed by atoms with Crippen molar-refractivity contribution in [3.05, 3.63) is 100 Å². The number of carbonyl (C=O) groups is 2. The van der Waals surface area contributed by atoms with E-state index in [1.165, 1.54) is 24.1 Å². The minimum atomic E-state index is -0.910. The Labute approximate surface area is 217 Å². The van der Waals surface area contributed by atoms with Gasteiger partial charge in [-0.2, -0.15) is 0 Å². The highest BCUT2D eigenvalue weighted by Gasteiger charge is 2.47. The molecule has 1 heterocycles. The maximum absolute atomic E-state index is 14.2. The molecular formula is C31H32FNO4. The fourth-order valence-electron chi connectivity index (χ4n) is 4.61. The first-order valence-electron chi connectivity index (χ1n) is 12.3.